The van der Waals surface area contributed by atoms with Crippen molar-refractivity contribution in [2.45, 2.75) is 13.3 Å². The van der Waals surface area contributed by atoms with Gasteiger partial charge < -0.3 is 23.8 Å². The molecule has 7 heteroatoms. The predicted molar refractivity (Wildman–Crippen MR) is 110 cm³/mol. The summed E-state index contributed by atoms with van der Waals surface area (Å²) < 4.78 is 17.2. The van der Waals surface area contributed by atoms with Crippen molar-refractivity contribution < 1.29 is 28.6 Å². The Balaban J connectivity index is 1.49. The number of carboxylic acid groups (broad SMARTS) is 1. The Kier molecular flexibility index (Phi) is 5.26. The predicted octanol–water partition coefficient (Wildman–Crippen LogP) is 5.00. The maximum Gasteiger partial charge on any atom is 0.370 e. The van der Waals surface area contributed by atoms with Gasteiger partial charge in [0.15, 0.2) is 11.3 Å². The zero-order valence-electron chi connectivity index (χ0n) is 16.2. The van der Waals surface area contributed by atoms with Crippen LogP contribution in [-0.2, 0) is 11.2 Å². The van der Waals surface area contributed by atoms with Gasteiger partial charge >= 0.3 is 5.97 Å². The molecule has 0 unspecified atom stereocenters. The molecule has 7 nitrogen and oxygen atoms in total. The van der Waals surface area contributed by atoms with Crippen molar-refractivity contribution in [2.75, 3.05) is 6.61 Å². The normalized spacial score (nSPS) is 11.7. The van der Waals surface area contributed by atoms with Crippen molar-refractivity contribution >= 4 is 23.0 Å². The molecular weight excluding hydrogens is 386 g/mol. The quantitative estimate of drug-likeness (QED) is 0.329. The molecule has 152 valence electrons. The monoisotopic (exact) mass is 405 g/mol. The molecule has 2 aromatic heterocycles. The highest BCUT2D eigenvalue weighted by Gasteiger charge is 2.14. The third-order valence-electron chi connectivity index (χ3n) is 4.64. The largest absolute Gasteiger partial charge is 0.502 e. The second-order valence-corrected chi connectivity index (χ2v) is 6.64. The minimum absolute atomic E-state index is 0.354. The van der Waals surface area contributed by atoms with Crippen molar-refractivity contribution in [1.29, 1.82) is 0 Å². The van der Waals surface area contributed by atoms with Gasteiger partial charge in [-0.1, -0.05) is 24.3 Å². The number of nitrogens with zero attached hydrogens (tertiary/aromatic N) is 1. The molecule has 30 heavy (non-hydrogen) atoms. The first-order valence-corrected chi connectivity index (χ1v) is 9.31. The summed E-state index contributed by atoms with van der Waals surface area (Å²) in [7, 11) is 0. The van der Waals surface area contributed by atoms with E-state index < -0.39 is 11.7 Å². The standard InChI is InChI=1S/C23H19NO6/c1-14-18(24-22(30-14)15-5-3-2-4-6-15)10-12-28-20-8-7-16(13-19(25)23(26)27)17-9-11-29-21(17)20/h2-9,11,13,25H,10,12H2,1H3,(H,26,27)/b19-13-. The summed E-state index contributed by atoms with van der Waals surface area (Å²) >= 11 is 0. The zero-order chi connectivity index (χ0) is 21.1. The van der Waals surface area contributed by atoms with Crippen molar-refractivity contribution in [1.82, 2.24) is 4.98 Å². The molecule has 0 radical (unpaired) electrons. The molecule has 0 aliphatic carbocycles. The van der Waals surface area contributed by atoms with E-state index in [0.29, 0.717) is 41.2 Å². The Bertz CT molecular complexity index is 1220. The first-order valence-electron chi connectivity index (χ1n) is 9.31. The van der Waals surface area contributed by atoms with E-state index >= 15 is 0 Å². The number of fused-ring (bicyclic) bond motifs is 1. The van der Waals surface area contributed by atoms with Crippen LogP contribution in [0.15, 0.2) is 69.4 Å². The molecule has 2 N–H and O–H groups in total. The van der Waals surface area contributed by atoms with Crippen molar-refractivity contribution in [3.05, 3.63) is 77.6 Å². The Morgan fingerprint density at radius 3 is 2.70 bits per heavy atom. The lowest BCUT2D eigenvalue weighted by atomic mass is 10.1. The van der Waals surface area contributed by atoms with Crippen molar-refractivity contribution in [3.8, 4) is 17.2 Å². The highest BCUT2D eigenvalue weighted by molar-refractivity contribution is 5.96. The smallest absolute Gasteiger partial charge is 0.370 e. The number of rotatable bonds is 7. The number of hydrogen-bond acceptors (Lipinski definition) is 6. The zero-order valence-corrected chi connectivity index (χ0v) is 16.2. The number of hydrogen-bond donors (Lipinski definition) is 2. The molecule has 0 saturated carbocycles. The number of aliphatic hydroxyl groups excluding tert-OH is 1. The molecule has 4 rings (SSSR count). The molecule has 0 fully saturated rings. The Hall–Kier alpha value is -4.00. The van der Waals surface area contributed by atoms with Gasteiger partial charge in [0, 0.05) is 17.4 Å². The molecule has 0 bridgehead atoms. The molecule has 4 aromatic rings. The lowest BCUT2D eigenvalue weighted by Crippen LogP contribution is -2.03. The van der Waals surface area contributed by atoms with Crippen LogP contribution in [0.1, 0.15) is 17.0 Å². The molecule has 0 amide bonds. The van der Waals surface area contributed by atoms with Gasteiger partial charge in [-0.25, -0.2) is 9.78 Å². The van der Waals surface area contributed by atoms with Crippen LogP contribution in [0.25, 0.3) is 28.5 Å². The lowest BCUT2D eigenvalue weighted by Gasteiger charge is -2.07. The van der Waals surface area contributed by atoms with Gasteiger partial charge in [0.05, 0.1) is 18.6 Å². The number of ether oxygens (including phenoxy) is 1. The summed E-state index contributed by atoms with van der Waals surface area (Å²) in [6, 6.07) is 14.7. The van der Waals surface area contributed by atoms with E-state index in [2.05, 4.69) is 4.98 Å². The van der Waals surface area contributed by atoms with Gasteiger partial charge in [0.25, 0.3) is 0 Å². The van der Waals surface area contributed by atoms with Crippen LogP contribution in [0.4, 0.5) is 0 Å². The summed E-state index contributed by atoms with van der Waals surface area (Å²) in [5, 5.41) is 19.0. The fourth-order valence-electron chi connectivity index (χ4n) is 3.13. The number of carbonyl (C=O) groups is 1. The topological polar surface area (TPSA) is 106 Å². The SMILES string of the molecule is Cc1oc(-c2ccccc2)nc1CCOc1ccc(/C=C(\O)C(=O)O)c2ccoc12. The van der Waals surface area contributed by atoms with E-state index in [1.54, 1.807) is 18.2 Å². The number of oxazole rings is 1. The third-order valence-corrected chi connectivity index (χ3v) is 4.64. The first kappa shape index (κ1) is 19.3. The van der Waals surface area contributed by atoms with Gasteiger partial charge in [-0.3, -0.25) is 0 Å². The number of aromatic nitrogens is 1. The Labute approximate surface area is 171 Å². The van der Waals surface area contributed by atoms with E-state index in [9.17, 15) is 9.90 Å². The van der Waals surface area contributed by atoms with Crippen molar-refractivity contribution in [2.24, 2.45) is 0 Å². The highest BCUT2D eigenvalue weighted by Crippen LogP contribution is 2.31. The number of aliphatic hydroxyl groups is 1. The maximum absolute atomic E-state index is 10.9. The number of carboxylic acids is 1. The fraction of sp³-hybridized carbons (Fsp3) is 0.130. The molecule has 0 saturated heterocycles. The third kappa shape index (κ3) is 3.91. The number of aliphatic carboxylic acids is 1. The minimum Gasteiger partial charge on any atom is -0.502 e. The summed E-state index contributed by atoms with van der Waals surface area (Å²) in [5.41, 5.74) is 2.73. The molecule has 0 spiro atoms. The summed E-state index contributed by atoms with van der Waals surface area (Å²) in [5.74, 6) is -0.311. The molecule has 0 aliphatic rings. The highest BCUT2D eigenvalue weighted by atomic mass is 16.5. The number of aryl methyl sites for hydroxylation is 1. The molecule has 2 heterocycles. The van der Waals surface area contributed by atoms with Gasteiger partial charge in [-0.2, -0.15) is 0 Å². The van der Waals surface area contributed by atoms with Gasteiger partial charge in [0.2, 0.25) is 11.6 Å². The average Bonchev–Trinajstić information content (AvgIpc) is 3.37. The van der Waals surface area contributed by atoms with E-state index in [-0.39, 0.29) is 0 Å². The second-order valence-electron chi connectivity index (χ2n) is 6.64. The van der Waals surface area contributed by atoms with E-state index in [1.807, 2.05) is 37.3 Å². The molecule has 0 atom stereocenters. The van der Waals surface area contributed by atoms with Gasteiger partial charge in [-0.05, 0) is 42.8 Å². The summed E-state index contributed by atoms with van der Waals surface area (Å²) in [6.45, 7) is 2.22. The maximum atomic E-state index is 10.9. The minimum atomic E-state index is -1.40. The van der Waals surface area contributed by atoms with E-state index in [4.69, 9.17) is 18.7 Å². The lowest BCUT2D eigenvalue weighted by molar-refractivity contribution is -0.135. The van der Waals surface area contributed by atoms with Crippen LogP contribution in [0.2, 0.25) is 0 Å². The van der Waals surface area contributed by atoms with Crippen LogP contribution in [0, 0.1) is 6.92 Å². The summed E-state index contributed by atoms with van der Waals surface area (Å²) in [6.07, 6.45) is 3.21. The molecule has 2 aromatic carbocycles. The molecular formula is C23H19NO6. The summed E-state index contributed by atoms with van der Waals surface area (Å²) in [4.78, 5) is 15.4. The van der Waals surface area contributed by atoms with Gasteiger partial charge in [-0.15, -0.1) is 0 Å². The van der Waals surface area contributed by atoms with Crippen LogP contribution in [0.5, 0.6) is 5.75 Å². The van der Waals surface area contributed by atoms with Crippen LogP contribution in [0.3, 0.4) is 0 Å². The fourth-order valence-corrected chi connectivity index (χ4v) is 3.13. The Morgan fingerprint density at radius 1 is 1.13 bits per heavy atom. The molecule has 0 aliphatic heterocycles. The first-order chi connectivity index (χ1) is 14.5. The second kappa shape index (κ2) is 8.16. The van der Waals surface area contributed by atoms with Crippen molar-refractivity contribution in [3.63, 3.8) is 0 Å². The van der Waals surface area contributed by atoms with Gasteiger partial charge in [0.1, 0.15) is 5.76 Å². The number of furan rings is 1. The average molecular weight is 405 g/mol. The van der Waals surface area contributed by atoms with Crippen LogP contribution in [-0.4, -0.2) is 27.8 Å². The Morgan fingerprint density at radius 2 is 1.93 bits per heavy atom. The van der Waals surface area contributed by atoms with Crippen LogP contribution >= 0.6 is 0 Å². The van der Waals surface area contributed by atoms with Crippen LogP contribution < -0.4 is 4.74 Å². The van der Waals surface area contributed by atoms with E-state index in [1.165, 1.54) is 12.3 Å². The van der Waals surface area contributed by atoms with E-state index in [0.717, 1.165) is 17.0 Å². The number of benzene rings is 2.